The zero-order valence-electron chi connectivity index (χ0n) is 12.2. The summed E-state index contributed by atoms with van der Waals surface area (Å²) in [5, 5.41) is 2.85. The van der Waals surface area contributed by atoms with Gasteiger partial charge in [0.25, 0.3) is 0 Å². The number of anilines is 1. The Morgan fingerprint density at radius 1 is 1.32 bits per heavy atom. The minimum Gasteiger partial charge on any atom is -0.380 e. The Morgan fingerprint density at radius 3 is 2.32 bits per heavy atom. The van der Waals surface area contributed by atoms with E-state index in [1.54, 1.807) is 7.11 Å². The van der Waals surface area contributed by atoms with Gasteiger partial charge in [0.05, 0.1) is 12.5 Å². The molecular weight excluding hydrogens is 240 g/mol. The number of nitrogens with two attached hydrogens (primary N) is 1. The van der Waals surface area contributed by atoms with Gasteiger partial charge in [0.15, 0.2) is 0 Å². The molecule has 0 aliphatic carbocycles. The van der Waals surface area contributed by atoms with E-state index in [0.717, 1.165) is 5.69 Å². The van der Waals surface area contributed by atoms with Crippen molar-refractivity contribution in [3.05, 3.63) is 29.8 Å². The van der Waals surface area contributed by atoms with Crippen molar-refractivity contribution in [2.24, 2.45) is 5.73 Å². The number of hydrogen-bond acceptors (Lipinski definition) is 3. The van der Waals surface area contributed by atoms with Crippen LogP contribution in [0.4, 0.5) is 5.69 Å². The first-order valence-corrected chi connectivity index (χ1v) is 6.50. The molecule has 1 aromatic rings. The van der Waals surface area contributed by atoms with Crippen LogP contribution in [0.3, 0.4) is 0 Å². The number of ether oxygens (including phenoxy) is 1. The first kappa shape index (κ1) is 15.7. The standard InChI is InChI=1S/C15H24N2O2/c1-15(2,3)11-5-7-12(8-6-11)17-14(18)9-13(10-16)19-4/h5-8,13H,9-10,16H2,1-4H3,(H,17,18). The lowest BCUT2D eigenvalue weighted by Gasteiger charge is -2.19. The lowest BCUT2D eigenvalue weighted by atomic mass is 9.87. The van der Waals surface area contributed by atoms with E-state index in [1.165, 1.54) is 5.56 Å². The molecule has 106 valence electrons. The largest absolute Gasteiger partial charge is 0.380 e. The zero-order chi connectivity index (χ0) is 14.5. The van der Waals surface area contributed by atoms with E-state index in [0.29, 0.717) is 6.54 Å². The molecule has 1 unspecified atom stereocenters. The van der Waals surface area contributed by atoms with Crippen LogP contribution in [-0.4, -0.2) is 25.7 Å². The molecule has 4 heteroatoms. The topological polar surface area (TPSA) is 64.3 Å². The zero-order valence-corrected chi connectivity index (χ0v) is 12.2. The fourth-order valence-electron chi connectivity index (χ4n) is 1.74. The number of nitrogens with one attached hydrogen (secondary N) is 1. The van der Waals surface area contributed by atoms with Crippen molar-refractivity contribution in [3.63, 3.8) is 0 Å². The second kappa shape index (κ2) is 6.68. The molecule has 0 saturated heterocycles. The van der Waals surface area contributed by atoms with Crippen LogP contribution in [0.15, 0.2) is 24.3 Å². The molecule has 1 aromatic carbocycles. The van der Waals surface area contributed by atoms with Crippen LogP contribution in [0.1, 0.15) is 32.8 Å². The third-order valence-corrected chi connectivity index (χ3v) is 3.04. The predicted octanol–water partition coefficient (Wildman–Crippen LogP) is 2.29. The number of hydrogen-bond donors (Lipinski definition) is 2. The van der Waals surface area contributed by atoms with Crippen LogP contribution in [0, 0.1) is 0 Å². The minimum absolute atomic E-state index is 0.0826. The molecule has 0 fully saturated rings. The number of rotatable bonds is 5. The maximum Gasteiger partial charge on any atom is 0.227 e. The van der Waals surface area contributed by atoms with Gasteiger partial charge in [-0.1, -0.05) is 32.9 Å². The Morgan fingerprint density at radius 2 is 1.89 bits per heavy atom. The van der Waals surface area contributed by atoms with Crippen molar-refractivity contribution < 1.29 is 9.53 Å². The average Bonchev–Trinajstić information content (AvgIpc) is 2.35. The molecule has 1 rings (SSSR count). The second-order valence-electron chi connectivity index (χ2n) is 5.67. The quantitative estimate of drug-likeness (QED) is 0.857. The van der Waals surface area contributed by atoms with Gasteiger partial charge in [-0.3, -0.25) is 4.79 Å². The maximum atomic E-state index is 11.8. The molecule has 0 aliphatic heterocycles. The van der Waals surface area contributed by atoms with Crippen molar-refractivity contribution in [2.75, 3.05) is 19.0 Å². The Bertz CT molecular complexity index is 403. The Kier molecular flexibility index (Phi) is 5.51. The van der Waals surface area contributed by atoms with Gasteiger partial charge in [0, 0.05) is 19.3 Å². The summed E-state index contributed by atoms with van der Waals surface area (Å²) in [6.07, 6.45) is 0.0439. The summed E-state index contributed by atoms with van der Waals surface area (Å²) >= 11 is 0. The minimum atomic E-state index is -0.228. The van der Waals surface area contributed by atoms with Crippen LogP contribution < -0.4 is 11.1 Å². The summed E-state index contributed by atoms with van der Waals surface area (Å²) in [7, 11) is 1.56. The van der Waals surface area contributed by atoms with Gasteiger partial charge in [0.2, 0.25) is 5.91 Å². The Labute approximate surface area is 115 Å². The van der Waals surface area contributed by atoms with Crippen LogP contribution in [0.5, 0.6) is 0 Å². The molecule has 0 aliphatic rings. The molecule has 0 radical (unpaired) electrons. The van der Waals surface area contributed by atoms with Gasteiger partial charge >= 0.3 is 0 Å². The van der Waals surface area contributed by atoms with E-state index in [4.69, 9.17) is 10.5 Å². The third kappa shape index (κ3) is 5.01. The molecule has 0 heterocycles. The summed E-state index contributed by atoms with van der Waals surface area (Å²) < 4.78 is 5.09. The van der Waals surface area contributed by atoms with Gasteiger partial charge < -0.3 is 15.8 Å². The van der Waals surface area contributed by atoms with Gasteiger partial charge in [-0.05, 0) is 23.1 Å². The molecule has 0 aromatic heterocycles. The van der Waals surface area contributed by atoms with Crippen LogP contribution in [0.25, 0.3) is 0 Å². The van der Waals surface area contributed by atoms with Crippen molar-refractivity contribution in [1.29, 1.82) is 0 Å². The molecule has 4 nitrogen and oxygen atoms in total. The van der Waals surface area contributed by atoms with Gasteiger partial charge in [-0.2, -0.15) is 0 Å². The van der Waals surface area contributed by atoms with E-state index in [1.807, 2.05) is 24.3 Å². The number of amides is 1. The van der Waals surface area contributed by atoms with Crippen molar-refractivity contribution in [3.8, 4) is 0 Å². The molecule has 3 N–H and O–H groups in total. The summed E-state index contributed by atoms with van der Waals surface area (Å²) in [5.74, 6) is -0.0826. The van der Waals surface area contributed by atoms with E-state index in [2.05, 4.69) is 26.1 Å². The number of carbonyl (C=O) groups is 1. The highest BCUT2D eigenvalue weighted by atomic mass is 16.5. The SMILES string of the molecule is COC(CN)CC(=O)Nc1ccc(C(C)(C)C)cc1. The van der Waals surface area contributed by atoms with Gasteiger partial charge in [-0.15, -0.1) is 0 Å². The van der Waals surface area contributed by atoms with E-state index in [9.17, 15) is 4.79 Å². The molecule has 1 atom stereocenters. The van der Waals surface area contributed by atoms with Crippen molar-refractivity contribution in [2.45, 2.75) is 38.7 Å². The van der Waals surface area contributed by atoms with Crippen LogP contribution >= 0.6 is 0 Å². The lowest BCUT2D eigenvalue weighted by Crippen LogP contribution is -2.28. The highest BCUT2D eigenvalue weighted by Gasteiger charge is 2.14. The normalized spacial score (nSPS) is 13.1. The number of carbonyl (C=O) groups excluding carboxylic acids is 1. The molecule has 19 heavy (non-hydrogen) atoms. The summed E-state index contributed by atoms with van der Waals surface area (Å²) in [4.78, 5) is 11.8. The first-order valence-electron chi connectivity index (χ1n) is 6.50. The van der Waals surface area contributed by atoms with Crippen LogP contribution in [0.2, 0.25) is 0 Å². The predicted molar refractivity (Wildman–Crippen MR) is 78.2 cm³/mol. The summed E-state index contributed by atoms with van der Waals surface area (Å²) in [6.45, 7) is 6.81. The smallest absolute Gasteiger partial charge is 0.227 e. The third-order valence-electron chi connectivity index (χ3n) is 3.04. The molecule has 0 spiro atoms. The molecular formula is C15H24N2O2. The van der Waals surface area contributed by atoms with E-state index in [-0.39, 0.29) is 23.8 Å². The van der Waals surface area contributed by atoms with Crippen LogP contribution in [-0.2, 0) is 14.9 Å². The van der Waals surface area contributed by atoms with E-state index < -0.39 is 0 Å². The van der Waals surface area contributed by atoms with Gasteiger partial charge in [-0.25, -0.2) is 0 Å². The highest BCUT2D eigenvalue weighted by molar-refractivity contribution is 5.91. The molecule has 0 saturated carbocycles. The summed E-state index contributed by atoms with van der Waals surface area (Å²) in [6, 6.07) is 7.91. The molecule has 0 bridgehead atoms. The number of benzene rings is 1. The highest BCUT2D eigenvalue weighted by Crippen LogP contribution is 2.23. The maximum absolute atomic E-state index is 11.8. The lowest BCUT2D eigenvalue weighted by molar-refractivity contribution is -0.118. The van der Waals surface area contributed by atoms with Gasteiger partial charge in [0.1, 0.15) is 0 Å². The first-order chi connectivity index (χ1) is 8.86. The number of methoxy groups -OCH3 is 1. The van der Waals surface area contributed by atoms with E-state index >= 15 is 0 Å². The van der Waals surface area contributed by atoms with Crippen molar-refractivity contribution >= 4 is 11.6 Å². The fourth-order valence-corrected chi connectivity index (χ4v) is 1.74. The summed E-state index contributed by atoms with van der Waals surface area (Å²) in [5.41, 5.74) is 7.64. The Hall–Kier alpha value is -1.39. The molecule has 1 amide bonds. The fraction of sp³-hybridized carbons (Fsp3) is 0.533. The Balaban J connectivity index is 2.61. The average molecular weight is 264 g/mol. The second-order valence-corrected chi connectivity index (χ2v) is 5.67. The monoisotopic (exact) mass is 264 g/mol. The van der Waals surface area contributed by atoms with Crippen molar-refractivity contribution in [1.82, 2.24) is 0 Å².